The predicted octanol–water partition coefficient (Wildman–Crippen LogP) is 3.99. The number of oxime groups is 1. The molecule has 2 aliphatic rings. The third-order valence-electron chi connectivity index (χ3n) is 6.18. The number of hydrogen-bond acceptors (Lipinski definition) is 7. The molecule has 0 spiro atoms. The molecule has 0 aliphatic carbocycles. The van der Waals surface area contributed by atoms with Crippen molar-refractivity contribution in [2.75, 3.05) is 7.11 Å². The standard InChI is InChI=1S/C26H25N3O4S/c1-17-8-10-18(11-9-17)22-16-23(28-27-22)34(30,31)26-24(19-12-14-21(32-2)15-13-19)29-33-25(26)20-6-4-3-5-7-20/h3-15,23,25-26,28H,16H2,1-2H3. The van der Waals surface area contributed by atoms with E-state index in [1.54, 1.807) is 31.4 Å². The summed E-state index contributed by atoms with van der Waals surface area (Å²) in [6.07, 6.45) is -0.493. The minimum absolute atomic E-state index is 0.263. The van der Waals surface area contributed by atoms with Crippen LogP contribution in [0.2, 0.25) is 0 Å². The number of rotatable bonds is 6. The van der Waals surface area contributed by atoms with Crippen molar-refractivity contribution >= 4 is 21.3 Å². The van der Waals surface area contributed by atoms with Crippen LogP contribution in [0.3, 0.4) is 0 Å². The Bertz CT molecular complexity index is 1340. The summed E-state index contributed by atoms with van der Waals surface area (Å²) < 4.78 is 33.3. The van der Waals surface area contributed by atoms with Crippen molar-refractivity contribution in [1.82, 2.24) is 5.43 Å². The molecule has 8 heteroatoms. The maximum Gasteiger partial charge on any atom is 0.185 e. The minimum Gasteiger partial charge on any atom is -0.497 e. The molecule has 0 amide bonds. The van der Waals surface area contributed by atoms with Crippen molar-refractivity contribution in [3.63, 3.8) is 0 Å². The third-order valence-corrected chi connectivity index (χ3v) is 8.42. The Morgan fingerprint density at radius 1 is 0.941 bits per heavy atom. The molecule has 1 N–H and O–H groups in total. The molecule has 5 rings (SSSR count). The summed E-state index contributed by atoms with van der Waals surface area (Å²) >= 11 is 0. The van der Waals surface area contributed by atoms with Crippen LogP contribution in [0.1, 0.15) is 34.8 Å². The van der Waals surface area contributed by atoms with Crippen LogP contribution in [0.5, 0.6) is 5.75 Å². The van der Waals surface area contributed by atoms with Crippen molar-refractivity contribution in [3.8, 4) is 5.75 Å². The molecule has 0 aromatic heterocycles. The SMILES string of the molecule is COc1ccc(C2=NOC(c3ccccc3)C2S(=O)(=O)C2CC(c3ccc(C)cc3)=NN2)cc1. The van der Waals surface area contributed by atoms with Gasteiger partial charge in [-0.25, -0.2) is 8.42 Å². The Morgan fingerprint density at radius 2 is 1.62 bits per heavy atom. The molecule has 3 unspecified atom stereocenters. The van der Waals surface area contributed by atoms with Crippen molar-refractivity contribution in [1.29, 1.82) is 0 Å². The Hall–Kier alpha value is -3.65. The summed E-state index contributed by atoms with van der Waals surface area (Å²) in [7, 11) is -2.23. The molecule has 2 heterocycles. The summed E-state index contributed by atoms with van der Waals surface area (Å²) in [5.41, 5.74) is 7.42. The molecule has 3 aromatic rings. The summed E-state index contributed by atoms with van der Waals surface area (Å²) in [4.78, 5) is 5.76. The zero-order chi connectivity index (χ0) is 23.7. The van der Waals surface area contributed by atoms with Crippen LogP contribution < -0.4 is 10.2 Å². The van der Waals surface area contributed by atoms with Crippen LogP contribution in [0.4, 0.5) is 0 Å². The number of hydrazone groups is 1. The normalized spacial score (nSPS) is 21.9. The van der Waals surface area contributed by atoms with Gasteiger partial charge in [0, 0.05) is 12.0 Å². The lowest BCUT2D eigenvalue weighted by Gasteiger charge is -2.23. The molecule has 0 fully saturated rings. The molecule has 0 saturated heterocycles. The fourth-order valence-corrected chi connectivity index (χ4v) is 6.25. The fourth-order valence-electron chi connectivity index (χ4n) is 4.26. The molecule has 2 aliphatic heterocycles. The fraction of sp³-hybridized carbons (Fsp3) is 0.231. The Kier molecular flexibility index (Phi) is 5.83. The molecule has 3 aromatic carbocycles. The van der Waals surface area contributed by atoms with Gasteiger partial charge in [-0.05, 0) is 42.3 Å². The molecule has 34 heavy (non-hydrogen) atoms. The van der Waals surface area contributed by atoms with Crippen molar-refractivity contribution in [3.05, 3.63) is 101 Å². The van der Waals surface area contributed by atoms with E-state index in [2.05, 4.69) is 15.7 Å². The summed E-state index contributed by atoms with van der Waals surface area (Å²) in [5.74, 6) is 0.677. The van der Waals surface area contributed by atoms with Crippen molar-refractivity contribution < 1.29 is 18.0 Å². The van der Waals surface area contributed by atoms with Gasteiger partial charge in [0.25, 0.3) is 0 Å². The number of nitrogens with one attached hydrogen (secondary N) is 1. The van der Waals surface area contributed by atoms with Gasteiger partial charge in [0.15, 0.2) is 26.6 Å². The number of nitrogens with zero attached hydrogens (tertiary/aromatic N) is 2. The van der Waals surface area contributed by atoms with Crippen LogP contribution >= 0.6 is 0 Å². The second kappa shape index (κ2) is 8.95. The van der Waals surface area contributed by atoms with Crippen molar-refractivity contribution in [2.45, 2.75) is 30.1 Å². The van der Waals surface area contributed by atoms with Crippen LogP contribution in [-0.4, -0.2) is 37.6 Å². The number of ether oxygens (including phenoxy) is 1. The van der Waals surface area contributed by atoms with Gasteiger partial charge in [-0.1, -0.05) is 65.3 Å². The molecule has 3 atom stereocenters. The van der Waals surface area contributed by atoms with Gasteiger partial charge in [0.1, 0.15) is 11.5 Å². The molecule has 0 radical (unpaired) electrons. The smallest absolute Gasteiger partial charge is 0.185 e. The molecule has 0 saturated carbocycles. The van der Waals surface area contributed by atoms with E-state index < -0.39 is 26.6 Å². The van der Waals surface area contributed by atoms with Gasteiger partial charge in [-0.3, -0.25) is 5.43 Å². The first-order chi connectivity index (χ1) is 16.5. The first-order valence-corrected chi connectivity index (χ1v) is 12.6. The predicted molar refractivity (Wildman–Crippen MR) is 132 cm³/mol. The van der Waals surface area contributed by atoms with Gasteiger partial charge in [-0.15, -0.1) is 0 Å². The second-order valence-electron chi connectivity index (χ2n) is 8.40. The summed E-state index contributed by atoms with van der Waals surface area (Å²) in [5, 5.41) is 6.74. The highest BCUT2D eigenvalue weighted by Gasteiger charge is 2.49. The van der Waals surface area contributed by atoms with E-state index >= 15 is 0 Å². The highest BCUT2D eigenvalue weighted by molar-refractivity contribution is 7.93. The maximum absolute atomic E-state index is 14.0. The summed E-state index contributed by atoms with van der Waals surface area (Å²) in [6.45, 7) is 2.01. The first kappa shape index (κ1) is 22.2. The van der Waals surface area contributed by atoms with E-state index in [9.17, 15) is 8.42 Å². The zero-order valence-corrected chi connectivity index (χ0v) is 19.7. The van der Waals surface area contributed by atoms with E-state index in [0.29, 0.717) is 22.7 Å². The topological polar surface area (TPSA) is 89.4 Å². The largest absolute Gasteiger partial charge is 0.497 e. The quantitative estimate of drug-likeness (QED) is 0.582. The van der Waals surface area contributed by atoms with Crippen LogP contribution in [0, 0.1) is 6.92 Å². The van der Waals surface area contributed by atoms with E-state index in [4.69, 9.17) is 9.57 Å². The van der Waals surface area contributed by atoms with Gasteiger partial charge < -0.3 is 9.57 Å². The van der Waals surface area contributed by atoms with Crippen LogP contribution in [0.25, 0.3) is 0 Å². The van der Waals surface area contributed by atoms with E-state index in [0.717, 1.165) is 16.7 Å². The lowest BCUT2D eigenvalue weighted by atomic mass is 9.99. The van der Waals surface area contributed by atoms with Gasteiger partial charge in [-0.2, -0.15) is 5.10 Å². The molecular formula is C26H25N3O4S. The Morgan fingerprint density at radius 3 is 2.29 bits per heavy atom. The van der Waals surface area contributed by atoms with Crippen molar-refractivity contribution in [2.24, 2.45) is 10.3 Å². The maximum atomic E-state index is 14.0. The average molecular weight is 476 g/mol. The van der Waals surface area contributed by atoms with E-state index in [1.165, 1.54) is 0 Å². The van der Waals surface area contributed by atoms with Gasteiger partial charge >= 0.3 is 0 Å². The Balaban J connectivity index is 1.48. The van der Waals surface area contributed by atoms with Crippen LogP contribution in [-0.2, 0) is 14.7 Å². The molecule has 0 bridgehead atoms. The average Bonchev–Trinajstić information content (AvgIpc) is 3.54. The third kappa shape index (κ3) is 4.05. The minimum atomic E-state index is -3.81. The second-order valence-corrected chi connectivity index (χ2v) is 10.7. The molecule has 7 nitrogen and oxygen atoms in total. The van der Waals surface area contributed by atoms with Crippen LogP contribution in [0.15, 0.2) is 89.1 Å². The lowest BCUT2D eigenvalue weighted by molar-refractivity contribution is 0.0869. The number of aryl methyl sites for hydroxylation is 1. The number of benzene rings is 3. The highest BCUT2D eigenvalue weighted by atomic mass is 32.2. The van der Waals surface area contributed by atoms with E-state index in [1.807, 2.05) is 61.5 Å². The molecular weight excluding hydrogens is 450 g/mol. The highest BCUT2D eigenvalue weighted by Crippen LogP contribution is 2.37. The van der Waals surface area contributed by atoms with Gasteiger partial charge in [0.2, 0.25) is 0 Å². The number of hydrogen-bond donors (Lipinski definition) is 1. The summed E-state index contributed by atoms with van der Waals surface area (Å²) in [6, 6.07) is 24.4. The first-order valence-electron chi connectivity index (χ1n) is 11.0. The number of methoxy groups -OCH3 is 1. The Labute approximate surface area is 199 Å². The molecule has 174 valence electrons. The van der Waals surface area contributed by atoms with E-state index in [-0.39, 0.29) is 6.42 Å². The van der Waals surface area contributed by atoms with Gasteiger partial charge in [0.05, 0.1) is 12.8 Å². The zero-order valence-electron chi connectivity index (χ0n) is 18.9. The lowest BCUT2D eigenvalue weighted by Crippen LogP contribution is -2.43. The monoisotopic (exact) mass is 475 g/mol. The number of sulfone groups is 1.